The summed E-state index contributed by atoms with van der Waals surface area (Å²) >= 11 is 7.09. The van der Waals surface area contributed by atoms with Gasteiger partial charge in [-0.25, -0.2) is 4.39 Å². The van der Waals surface area contributed by atoms with Gasteiger partial charge in [0.05, 0.1) is 5.02 Å². The zero-order chi connectivity index (χ0) is 15.5. The number of halogens is 2. The number of hydrogen-bond donors (Lipinski definition) is 1. The smallest absolute Gasteiger partial charge is 0.248 e. The Balaban J connectivity index is 1.65. The van der Waals surface area contributed by atoms with Crippen molar-refractivity contribution in [3.63, 3.8) is 0 Å². The molecule has 0 aliphatic rings. The van der Waals surface area contributed by atoms with Gasteiger partial charge >= 0.3 is 0 Å². The molecule has 0 saturated carbocycles. The van der Waals surface area contributed by atoms with Crippen LogP contribution in [0.15, 0.2) is 39.4 Å². The van der Waals surface area contributed by atoms with Gasteiger partial charge in [0, 0.05) is 16.6 Å². The molecular weight excluding hydrogens is 329 g/mol. The molecule has 1 aromatic carbocycles. The molecule has 0 radical (unpaired) electrons. The van der Waals surface area contributed by atoms with Crippen molar-refractivity contribution in [2.75, 3.05) is 5.32 Å². The lowest BCUT2D eigenvalue weighted by Gasteiger charge is -2.04. The minimum absolute atomic E-state index is 0.00435. The molecule has 0 spiro atoms. The number of nitrogens with one attached hydrogen (secondary N) is 1. The molecule has 2 heterocycles. The molecule has 22 heavy (non-hydrogen) atoms. The molecule has 0 saturated heterocycles. The van der Waals surface area contributed by atoms with E-state index in [1.807, 2.05) is 16.8 Å². The number of carbonyl (C=O) groups excluding carboxylic acids is 1. The van der Waals surface area contributed by atoms with E-state index in [-0.39, 0.29) is 23.2 Å². The normalized spacial score (nSPS) is 10.6. The first-order valence-corrected chi connectivity index (χ1v) is 7.54. The van der Waals surface area contributed by atoms with Crippen LogP contribution < -0.4 is 5.32 Å². The summed E-state index contributed by atoms with van der Waals surface area (Å²) in [5.41, 5.74) is 1.12. The summed E-state index contributed by atoms with van der Waals surface area (Å²) in [7, 11) is 0. The Hall–Kier alpha value is -2.25. The zero-order valence-corrected chi connectivity index (χ0v) is 12.6. The third-order valence-corrected chi connectivity index (χ3v) is 3.74. The van der Waals surface area contributed by atoms with Crippen molar-refractivity contribution >= 4 is 34.5 Å². The molecule has 1 amide bonds. The maximum atomic E-state index is 13.3. The van der Waals surface area contributed by atoms with Gasteiger partial charge in [-0.1, -0.05) is 11.6 Å². The summed E-state index contributed by atoms with van der Waals surface area (Å²) in [6.07, 6.45) is -0.0959. The molecule has 5 nitrogen and oxygen atoms in total. The zero-order valence-electron chi connectivity index (χ0n) is 11.0. The van der Waals surface area contributed by atoms with Crippen molar-refractivity contribution in [2.24, 2.45) is 0 Å². The Morgan fingerprint density at radius 3 is 2.95 bits per heavy atom. The summed E-state index contributed by atoms with van der Waals surface area (Å²) in [5.74, 6) is -0.436. The minimum Gasteiger partial charge on any atom is -0.420 e. The van der Waals surface area contributed by atoms with E-state index in [1.54, 1.807) is 0 Å². The highest BCUT2D eigenvalue weighted by atomic mass is 35.5. The Bertz CT molecular complexity index is 804. The minimum atomic E-state index is -0.600. The molecule has 0 fully saturated rings. The number of anilines is 1. The topological polar surface area (TPSA) is 68.0 Å². The van der Waals surface area contributed by atoms with Crippen LogP contribution in [0.25, 0.3) is 11.5 Å². The second kappa shape index (κ2) is 6.25. The molecule has 112 valence electrons. The predicted octanol–water partition coefficient (Wildman–Crippen LogP) is 3.77. The number of benzene rings is 1. The number of thiophene rings is 1. The summed E-state index contributed by atoms with van der Waals surface area (Å²) < 4.78 is 18.7. The van der Waals surface area contributed by atoms with Crippen molar-refractivity contribution in [3.05, 3.63) is 51.8 Å². The van der Waals surface area contributed by atoms with Crippen LogP contribution in [0, 0.1) is 5.82 Å². The molecular formula is C14H9ClFN3O2S. The number of carbonyl (C=O) groups is 1. The molecule has 0 unspecified atom stereocenters. The quantitative estimate of drug-likeness (QED) is 0.786. The lowest BCUT2D eigenvalue weighted by Crippen LogP contribution is -2.14. The Kier molecular flexibility index (Phi) is 4.17. The van der Waals surface area contributed by atoms with Gasteiger partial charge in [0.2, 0.25) is 17.7 Å². The van der Waals surface area contributed by atoms with E-state index in [0.717, 1.165) is 11.6 Å². The van der Waals surface area contributed by atoms with Crippen LogP contribution in [-0.2, 0) is 11.2 Å². The van der Waals surface area contributed by atoms with Crippen LogP contribution in [0.5, 0.6) is 0 Å². The van der Waals surface area contributed by atoms with Gasteiger partial charge in [-0.3, -0.25) is 4.79 Å². The Morgan fingerprint density at radius 2 is 2.23 bits per heavy atom. The highest BCUT2D eigenvalue weighted by Gasteiger charge is 2.13. The van der Waals surface area contributed by atoms with Crippen molar-refractivity contribution in [1.82, 2.24) is 10.2 Å². The van der Waals surface area contributed by atoms with Crippen molar-refractivity contribution in [1.29, 1.82) is 0 Å². The number of amides is 1. The second-order valence-corrected chi connectivity index (χ2v) is 5.55. The number of rotatable bonds is 4. The van der Waals surface area contributed by atoms with Crippen molar-refractivity contribution < 1.29 is 13.6 Å². The van der Waals surface area contributed by atoms with Crippen LogP contribution in [0.1, 0.15) is 5.89 Å². The summed E-state index contributed by atoms with van der Waals surface area (Å²) in [6.45, 7) is 0. The van der Waals surface area contributed by atoms with Gasteiger partial charge in [-0.05, 0) is 29.6 Å². The third-order valence-electron chi connectivity index (χ3n) is 2.75. The molecule has 0 bridgehead atoms. The maximum Gasteiger partial charge on any atom is 0.248 e. The average molecular weight is 338 g/mol. The van der Waals surface area contributed by atoms with Gasteiger partial charge in [-0.2, -0.15) is 11.3 Å². The van der Waals surface area contributed by atoms with E-state index in [9.17, 15) is 9.18 Å². The van der Waals surface area contributed by atoms with E-state index in [0.29, 0.717) is 11.6 Å². The summed E-state index contributed by atoms with van der Waals surface area (Å²) in [5, 5.41) is 14.0. The van der Waals surface area contributed by atoms with Crippen LogP contribution in [0.2, 0.25) is 5.02 Å². The van der Waals surface area contributed by atoms with Gasteiger partial charge in [0.25, 0.3) is 0 Å². The maximum absolute atomic E-state index is 13.3. The average Bonchev–Trinajstić information content (AvgIpc) is 3.13. The SMILES string of the molecule is O=C(Cc1nnc(-c2ccsc2)o1)Nc1ccc(Cl)c(F)c1. The van der Waals surface area contributed by atoms with E-state index >= 15 is 0 Å². The van der Waals surface area contributed by atoms with Crippen LogP contribution in [0.4, 0.5) is 10.1 Å². The fraction of sp³-hybridized carbons (Fsp3) is 0.0714. The first kappa shape index (κ1) is 14.7. The molecule has 8 heteroatoms. The lowest BCUT2D eigenvalue weighted by molar-refractivity contribution is -0.115. The first-order valence-electron chi connectivity index (χ1n) is 6.21. The fourth-order valence-corrected chi connectivity index (χ4v) is 2.49. The number of hydrogen-bond acceptors (Lipinski definition) is 5. The fourth-order valence-electron chi connectivity index (χ4n) is 1.74. The van der Waals surface area contributed by atoms with Crippen LogP contribution in [0.3, 0.4) is 0 Å². The molecule has 2 aromatic heterocycles. The molecule has 1 N–H and O–H groups in total. The van der Waals surface area contributed by atoms with Crippen molar-refractivity contribution in [2.45, 2.75) is 6.42 Å². The van der Waals surface area contributed by atoms with E-state index in [2.05, 4.69) is 15.5 Å². The van der Waals surface area contributed by atoms with Crippen molar-refractivity contribution in [3.8, 4) is 11.5 Å². The van der Waals surface area contributed by atoms with Gasteiger partial charge in [-0.15, -0.1) is 10.2 Å². The molecule has 3 rings (SSSR count). The predicted molar refractivity (Wildman–Crippen MR) is 81.4 cm³/mol. The molecule has 0 aliphatic heterocycles. The van der Waals surface area contributed by atoms with E-state index < -0.39 is 5.82 Å². The molecule has 3 aromatic rings. The molecule has 0 atom stereocenters. The Labute approximate surface area is 133 Å². The monoisotopic (exact) mass is 337 g/mol. The second-order valence-electron chi connectivity index (χ2n) is 4.37. The summed E-state index contributed by atoms with van der Waals surface area (Å²) in [6, 6.07) is 5.87. The van der Waals surface area contributed by atoms with Gasteiger partial charge in [0.1, 0.15) is 12.2 Å². The first-order chi connectivity index (χ1) is 10.6. The standard InChI is InChI=1S/C14H9ClFN3O2S/c15-10-2-1-9(5-11(10)16)17-12(20)6-13-18-19-14(21-13)8-3-4-22-7-8/h1-5,7H,6H2,(H,17,20). The highest BCUT2D eigenvalue weighted by Crippen LogP contribution is 2.21. The van der Waals surface area contributed by atoms with Gasteiger partial charge < -0.3 is 9.73 Å². The highest BCUT2D eigenvalue weighted by molar-refractivity contribution is 7.08. The van der Waals surface area contributed by atoms with E-state index in [1.165, 1.54) is 23.5 Å². The van der Waals surface area contributed by atoms with Gasteiger partial charge in [0.15, 0.2) is 0 Å². The van der Waals surface area contributed by atoms with E-state index in [4.69, 9.17) is 16.0 Å². The number of aromatic nitrogens is 2. The van der Waals surface area contributed by atoms with Crippen LogP contribution >= 0.6 is 22.9 Å². The number of nitrogens with zero attached hydrogens (tertiary/aromatic N) is 2. The summed E-state index contributed by atoms with van der Waals surface area (Å²) in [4.78, 5) is 11.9. The van der Waals surface area contributed by atoms with Crippen LogP contribution in [-0.4, -0.2) is 16.1 Å². The third kappa shape index (κ3) is 3.32. The largest absolute Gasteiger partial charge is 0.420 e. The Morgan fingerprint density at radius 1 is 1.36 bits per heavy atom. The molecule has 0 aliphatic carbocycles. The lowest BCUT2D eigenvalue weighted by atomic mass is 10.3.